The number of likely N-dealkylation sites (tertiary alicyclic amines) is 1. The van der Waals surface area contributed by atoms with Crippen molar-refractivity contribution < 1.29 is 48.4 Å². The molecule has 0 aromatic heterocycles. The fourth-order valence-electron chi connectivity index (χ4n) is 6.88. The highest BCUT2D eigenvalue weighted by atomic mass is 16.8. The topological polar surface area (TPSA) is 156 Å². The number of fused-ring (bicyclic) bond motifs is 4. The first-order valence-corrected chi connectivity index (χ1v) is 14.0. The van der Waals surface area contributed by atoms with Crippen LogP contribution in [0, 0.1) is 5.41 Å². The Balaban J connectivity index is 1.31. The minimum absolute atomic E-state index is 0.000812. The third-order valence-corrected chi connectivity index (χ3v) is 8.55. The van der Waals surface area contributed by atoms with E-state index in [1.54, 1.807) is 11.0 Å². The number of carbonyl (C=O) groups is 3. The average Bonchev–Trinajstić information content (AvgIpc) is 3.72. The number of nitrogens with one attached hydrogen (secondary N) is 1. The summed E-state index contributed by atoms with van der Waals surface area (Å²) in [7, 11) is 0. The number of rotatable bonds is 10. The number of benzene rings is 1. The standard InChI is InChI=1S/C28H35N3O10/c32-9-7-29-25(34)19-5-2-8-30(19)27(36)28-14-20-21-22(39-16-38-21)24(28)41-31(23(28)26(35)40-20)15-18-4-1-3-17(13-18)6-11-37-12-10-33/h1,3-4,6,11,13,19-24,32-33H,2,5,7-10,12,14-16H2,(H,29,34). The molecule has 5 fully saturated rings. The van der Waals surface area contributed by atoms with Crippen molar-refractivity contribution in [1.29, 1.82) is 0 Å². The van der Waals surface area contributed by atoms with Gasteiger partial charge in [-0.1, -0.05) is 24.3 Å². The molecule has 7 atom stereocenters. The molecule has 1 aliphatic carbocycles. The summed E-state index contributed by atoms with van der Waals surface area (Å²) in [5.41, 5.74) is 0.341. The maximum absolute atomic E-state index is 14.6. The highest BCUT2D eigenvalue weighted by Crippen LogP contribution is 2.56. The largest absolute Gasteiger partial charge is 0.499 e. The van der Waals surface area contributed by atoms with E-state index in [0.717, 1.165) is 11.1 Å². The molecule has 41 heavy (non-hydrogen) atoms. The lowest BCUT2D eigenvalue weighted by Crippen LogP contribution is -2.70. The lowest BCUT2D eigenvalue weighted by molar-refractivity contribution is -0.204. The Kier molecular flexibility index (Phi) is 7.99. The predicted molar refractivity (Wildman–Crippen MR) is 139 cm³/mol. The van der Waals surface area contributed by atoms with Crippen molar-refractivity contribution in [2.75, 3.05) is 39.7 Å². The molecule has 13 heteroatoms. The lowest BCUT2D eigenvalue weighted by Gasteiger charge is -2.50. The number of ether oxygens (including phenoxy) is 4. The van der Waals surface area contributed by atoms with E-state index in [2.05, 4.69) is 5.32 Å². The van der Waals surface area contributed by atoms with Gasteiger partial charge >= 0.3 is 5.97 Å². The summed E-state index contributed by atoms with van der Waals surface area (Å²) in [6.07, 6.45) is 1.92. The van der Waals surface area contributed by atoms with E-state index in [-0.39, 0.29) is 57.9 Å². The zero-order valence-electron chi connectivity index (χ0n) is 22.6. The number of hydroxylamine groups is 2. The molecule has 0 radical (unpaired) electrons. The van der Waals surface area contributed by atoms with Crippen LogP contribution in [0.1, 0.15) is 30.4 Å². The van der Waals surface area contributed by atoms with Gasteiger partial charge in [0, 0.05) is 19.5 Å². The van der Waals surface area contributed by atoms with Crippen LogP contribution >= 0.6 is 0 Å². The minimum atomic E-state index is -1.33. The number of hydrogen-bond donors (Lipinski definition) is 3. The smallest absolute Gasteiger partial charge is 0.327 e. The van der Waals surface area contributed by atoms with Crippen LogP contribution in [-0.2, 0) is 44.7 Å². The second-order valence-corrected chi connectivity index (χ2v) is 10.9. The number of aliphatic hydroxyl groups is 2. The predicted octanol–water partition coefficient (Wildman–Crippen LogP) is -0.693. The highest BCUT2D eigenvalue weighted by Gasteiger charge is 2.75. The molecule has 4 saturated heterocycles. The fourth-order valence-corrected chi connectivity index (χ4v) is 6.88. The minimum Gasteiger partial charge on any atom is -0.499 e. The first-order valence-electron chi connectivity index (χ1n) is 14.0. The number of nitrogens with zero attached hydrogens (tertiary/aromatic N) is 2. The van der Waals surface area contributed by atoms with Gasteiger partial charge in [-0.15, -0.1) is 0 Å². The molecule has 4 aliphatic heterocycles. The highest BCUT2D eigenvalue weighted by molar-refractivity contribution is 5.96. The second kappa shape index (κ2) is 11.7. The molecule has 7 unspecified atom stereocenters. The van der Waals surface area contributed by atoms with Gasteiger partial charge in [0.05, 0.1) is 26.0 Å². The van der Waals surface area contributed by atoms with Crippen LogP contribution in [0.25, 0.3) is 6.08 Å². The van der Waals surface area contributed by atoms with Gasteiger partial charge in [-0.2, -0.15) is 5.06 Å². The van der Waals surface area contributed by atoms with Gasteiger partial charge in [0.15, 0.2) is 6.04 Å². The Morgan fingerprint density at radius 2 is 2.05 bits per heavy atom. The van der Waals surface area contributed by atoms with E-state index >= 15 is 0 Å². The van der Waals surface area contributed by atoms with E-state index in [4.69, 9.17) is 34.0 Å². The van der Waals surface area contributed by atoms with Crippen molar-refractivity contribution in [3.05, 3.63) is 41.7 Å². The first-order chi connectivity index (χ1) is 20.0. The molecule has 222 valence electrons. The molecule has 3 N–H and O–H groups in total. The van der Waals surface area contributed by atoms with Gasteiger partial charge in [0.2, 0.25) is 11.8 Å². The van der Waals surface area contributed by atoms with Crippen molar-refractivity contribution in [2.24, 2.45) is 5.41 Å². The monoisotopic (exact) mass is 573 g/mol. The molecule has 5 aliphatic rings. The molecule has 0 spiro atoms. The van der Waals surface area contributed by atoms with E-state index in [0.29, 0.717) is 19.4 Å². The third-order valence-electron chi connectivity index (χ3n) is 8.55. The molecule has 1 saturated carbocycles. The average molecular weight is 574 g/mol. The molecule has 13 nitrogen and oxygen atoms in total. The van der Waals surface area contributed by atoms with Gasteiger partial charge in [-0.05, 0) is 30.0 Å². The van der Waals surface area contributed by atoms with Crippen LogP contribution in [0.5, 0.6) is 0 Å². The van der Waals surface area contributed by atoms with Crippen LogP contribution in [0.3, 0.4) is 0 Å². The molecular weight excluding hydrogens is 538 g/mol. The Hall–Kier alpha value is -3.07. The lowest BCUT2D eigenvalue weighted by atomic mass is 9.62. The zero-order chi connectivity index (χ0) is 28.6. The van der Waals surface area contributed by atoms with Gasteiger partial charge < -0.3 is 39.4 Å². The van der Waals surface area contributed by atoms with Crippen LogP contribution in [0.2, 0.25) is 0 Å². The summed E-state index contributed by atoms with van der Waals surface area (Å²) >= 11 is 0. The van der Waals surface area contributed by atoms with Crippen LogP contribution in [-0.4, -0.2) is 114 Å². The van der Waals surface area contributed by atoms with Crippen molar-refractivity contribution in [3.8, 4) is 0 Å². The number of amides is 2. The normalized spacial score (nSPS) is 34.1. The van der Waals surface area contributed by atoms with Crippen LogP contribution < -0.4 is 5.32 Å². The summed E-state index contributed by atoms with van der Waals surface area (Å²) in [5, 5.41) is 22.3. The fraction of sp³-hybridized carbons (Fsp3) is 0.607. The number of esters is 1. The molecule has 1 aromatic rings. The summed E-state index contributed by atoms with van der Waals surface area (Å²) < 4.78 is 22.8. The van der Waals surface area contributed by atoms with Gasteiger partial charge in [-0.25, -0.2) is 0 Å². The second-order valence-electron chi connectivity index (χ2n) is 10.9. The molecule has 1 aromatic carbocycles. The van der Waals surface area contributed by atoms with Gasteiger partial charge in [0.25, 0.3) is 0 Å². The Morgan fingerprint density at radius 3 is 2.88 bits per heavy atom. The quantitative estimate of drug-likeness (QED) is 0.185. The van der Waals surface area contributed by atoms with E-state index < -0.39 is 47.9 Å². The summed E-state index contributed by atoms with van der Waals surface area (Å²) in [5.74, 6) is -1.23. The SMILES string of the molecule is O=C(NCCO)C1CCCN1C(=O)C12CC3OC(=O)C1N(Cc1cccc(C=COCCO)c1)OC2C1OCOC31. The molecule has 4 heterocycles. The van der Waals surface area contributed by atoms with Crippen molar-refractivity contribution >= 4 is 23.9 Å². The number of aliphatic hydroxyl groups excluding tert-OH is 2. The number of hydrogen-bond acceptors (Lipinski definition) is 11. The van der Waals surface area contributed by atoms with Crippen molar-refractivity contribution in [2.45, 2.75) is 62.3 Å². The summed E-state index contributed by atoms with van der Waals surface area (Å²) in [6.45, 7) is 0.553. The molecule has 2 bridgehead atoms. The zero-order valence-corrected chi connectivity index (χ0v) is 22.6. The van der Waals surface area contributed by atoms with Gasteiger partial charge in [-0.3, -0.25) is 19.2 Å². The summed E-state index contributed by atoms with van der Waals surface area (Å²) in [4.78, 5) is 49.2. The summed E-state index contributed by atoms with van der Waals surface area (Å²) in [6, 6.07) is 5.81. The maximum atomic E-state index is 14.6. The Morgan fingerprint density at radius 1 is 1.20 bits per heavy atom. The Bertz CT molecular complexity index is 1200. The van der Waals surface area contributed by atoms with Crippen molar-refractivity contribution in [1.82, 2.24) is 15.3 Å². The Labute approximate surface area is 236 Å². The van der Waals surface area contributed by atoms with Crippen molar-refractivity contribution in [3.63, 3.8) is 0 Å². The molecular formula is C28H35N3O10. The third kappa shape index (κ3) is 4.90. The number of carbonyl (C=O) groups excluding carboxylic acids is 3. The maximum Gasteiger partial charge on any atom is 0.327 e. The van der Waals surface area contributed by atoms with E-state index in [1.807, 2.05) is 24.3 Å². The molecule has 6 rings (SSSR count). The van der Waals surface area contributed by atoms with E-state index in [9.17, 15) is 14.4 Å². The van der Waals surface area contributed by atoms with Gasteiger partial charge in [0.1, 0.15) is 49.3 Å². The van der Waals surface area contributed by atoms with Crippen LogP contribution in [0.15, 0.2) is 30.5 Å². The van der Waals surface area contributed by atoms with E-state index in [1.165, 1.54) is 11.3 Å². The van der Waals surface area contributed by atoms with Crippen LogP contribution in [0.4, 0.5) is 0 Å². The first kappa shape index (κ1) is 28.1. The molecule has 2 amide bonds.